The molecule has 0 bridgehead atoms. The maximum absolute atomic E-state index is 13.7. The van der Waals surface area contributed by atoms with Gasteiger partial charge in [-0.25, -0.2) is 12.8 Å². The zero-order valence-electron chi connectivity index (χ0n) is 21.9. The van der Waals surface area contributed by atoms with E-state index in [0.717, 1.165) is 16.3 Å². The predicted molar refractivity (Wildman–Crippen MR) is 143 cm³/mol. The Balaban J connectivity index is 1.64. The highest BCUT2D eigenvalue weighted by Crippen LogP contribution is 2.24. The second-order valence-electron chi connectivity index (χ2n) is 9.45. The Kier molecular flexibility index (Phi) is 8.83. The van der Waals surface area contributed by atoms with Crippen LogP contribution >= 0.6 is 0 Å². The number of benzene rings is 2. The van der Waals surface area contributed by atoms with Gasteiger partial charge in [-0.05, 0) is 74.2 Å². The number of methoxy groups -OCH3 is 1. The van der Waals surface area contributed by atoms with Crippen molar-refractivity contribution in [2.45, 2.75) is 43.7 Å². The number of ketones is 1. The molecule has 1 aliphatic rings. The molecule has 1 amide bonds. The molecule has 3 aromatic rings. The first kappa shape index (κ1) is 28.5. The number of aromatic nitrogens is 1. The molecule has 0 aliphatic carbocycles. The average molecular weight is 558 g/mol. The van der Waals surface area contributed by atoms with Gasteiger partial charge in [0, 0.05) is 25.4 Å². The summed E-state index contributed by atoms with van der Waals surface area (Å²) in [4.78, 5) is 25.8. The number of aryl methyl sites for hydroxylation is 1. The highest BCUT2D eigenvalue weighted by atomic mass is 32.2. The third-order valence-corrected chi connectivity index (χ3v) is 8.73. The van der Waals surface area contributed by atoms with Gasteiger partial charge in [0.15, 0.2) is 5.78 Å². The van der Waals surface area contributed by atoms with Crippen molar-refractivity contribution >= 4 is 21.7 Å². The number of nitrogens with zero attached hydrogens (tertiary/aromatic N) is 2. The first-order valence-electron chi connectivity index (χ1n) is 12.6. The Morgan fingerprint density at radius 3 is 2.44 bits per heavy atom. The molecule has 4 rings (SSSR count). The van der Waals surface area contributed by atoms with E-state index in [1.165, 1.54) is 37.4 Å². The second-order valence-corrected chi connectivity index (χ2v) is 11.4. The molecular formula is C28H32FN3O6S. The number of rotatable bonds is 12. The Morgan fingerprint density at radius 2 is 1.85 bits per heavy atom. The fourth-order valence-electron chi connectivity index (χ4n) is 4.71. The number of Topliss-reactive ketones (excluding diaryl/α,β-unsaturated/α-hetero) is 1. The van der Waals surface area contributed by atoms with Crippen molar-refractivity contribution in [1.82, 2.24) is 8.87 Å². The van der Waals surface area contributed by atoms with Crippen molar-refractivity contribution in [3.05, 3.63) is 82.9 Å². The number of primary amides is 1. The van der Waals surface area contributed by atoms with Crippen LogP contribution in [0.5, 0.6) is 5.75 Å². The summed E-state index contributed by atoms with van der Waals surface area (Å²) in [5, 5.41) is 0. The van der Waals surface area contributed by atoms with Gasteiger partial charge in [-0.3, -0.25) is 9.59 Å². The standard InChI is InChI=1S/C28H32FN3O6S/c1-19-25(28(30)34)16-26(32(19)14-13-20-5-7-21(29)8-6-20)27(33)18-31(17-23-4-3-15-38-23)39(35,36)24-11-9-22(37-2)10-12-24/h5-12,16,23H,3-4,13-15,17-18H2,1-2H3,(H2,30,34). The van der Waals surface area contributed by atoms with E-state index in [0.29, 0.717) is 37.4 Å². The van der Waals surface area contributed by atoms with Crippen molar-refractivity contribution in [1.29, 1.82) is 0 Å². The quantitative estimate of drug-likeness (QED) is 0.341. The van der Waals surface area contributed by atoms with Gasteiger partial charge in [-0.2, -0.15) is 4.31 Å². The van der Waals surface area contributed by atoms with Gasteiger partial charge < -0.3 is 19.8 Å². The Bertz CT molecular complexity index is 1430. The fraction of sp³-hybridized carbons (Fsp3) is 0.357. The third-order valence-electron chi connectivity index (χ3n) is 6.90. The van der Waals surface area contributed by atoms with Crippen LogP contribution in [0.4, 0.5) is 4.39 Å². The average Bonchev–Trinajstić information content (AvgIpc) is 3.55. The minimum absolute atomic E-state index is 0.0120. The fourth-order valence-corrected chi connectivity index (χ4v) is 6.13. The molecule has 0 saturated carbocycles. The van der Waals surface area contributed by atoms with E-state index in [1.54, 1.807) is 35.8 Å². The Morgan fingerprint density at radius 1 is 1.15 bits per heavy atom. The van der Waals surface area contributed by atoms with E-state index in [4.69, 9.17) is 15.2 Å². The number of carbonyl (C=O) groups is 2. The lowest BCUT2D eigenvalue weighted by Gasteiger charge is -2.24. The van der Waals surface area contributed by atoms with Gasteiger partial charge in [0.2, 0.25) is 10.0 Å². The minimum atomic E-state index is -4.07. The molecule has 1 aromatic heterocycles. The lowest BCUT2D eigenvalue weighted by molar-refractivity contribution is 0.0836. The van der Waals surface area contributed by atoms with Crippen molar-refractivity contribution in [2.75, 3.05) is 26.8 Å². The molecule has 1 saturated heterocycles. The number of nitrogens with two attached hydrogens (primary N) is 1. The molecule has 1 unspecified atom stereocenters. The Hall–Kier alpha value is -3.54. The van der Waals surface area contributed by atoms with Crippen molar-refractivity contribution in [2.24, 2.45) is 5.73 Å². The summed E-state index contributed by atoms with van der Waals surface area (Å²) >= 11 is 0. The van der Waals surface area contributed by atoms with E-state index in [9.17, 15) is 22.4 Å². The topological polar surface area (TPSA) is 121 Å². The van der Waals surface area contributed by atoms with Crippen molar-refractivity contribution < 1.29 is 31.9 Å². The van der Waals surface area contributed by atoms with Crippen molar-refractivity contribution in [3.8, 4) is 5.75 Å². The summed E-state index contributed by atoms with van der Waals surface area (Å²) < 4.78 is 54.3. The number of carbonyl (C=O) groups excluding carboxylic acids is 2. The van der Waals surface area contributed by atoms with Crippen LogP contribution < -0.4 is 10.5 Å². The highest BCUT2D eigenvalue weighted by molar-refractivity contribution is 7.89. The van der Waals surface area contributed by atoms with Crippen LogP contribution in [0.3, 0.4) is 0 Å². The smallest absolute Gasteiger partial charge is 0.250 e. The minimum Gasteiger partial charge on any atom is -0.497 e. The molecule has 0 spiro atoms. The number of halogens is 1. The number of amides is 1. The van der Waals surface area contributed by atoms with Gasteiger partial charge in [-0.15, -0.1) is 0 Å². The van der Waals surface area contributed by atoms with Crippen LogP contribution in [-0.2, 0) is 27.7 Å². The summed E-state index contributed by atoms with van der Waals surface area (Å²) in [6.07, 6.45) is 1.61. The number of hydrogen-bond acceptors (Lipinski definition) is 6. The SMILES string of the molecule is COc1ccc(S(=O)(=O)N(CC(=O)c2cc(C(N)=O)c(C)n2CCc2ccc(F)cc2)CC2CCCO2)cc1. The highest BCUT2D eigenvalue weighted by Gasteiger charge is 2.32. The molecule has 0 radical (unpaired) electrons. The van der Waals surface area contributed by atoms with Crippen LogP contribution in [0.25, 0.3) is 0 Å². The summed E-state index contributed by atoms with van der Waals surface area (Å²) in [5.41, 5.74) is 7.25. The molecule has 208 valence electrons. The molecule has 2 heterocycles. The molecule has 1 aliphatic heterocycles. The molecular weight excluding hydrogens is 525 g/mol. The largest absolute Gasteiger partial charge is 0.497 e. The predicted octanol–water partition coefficient (Wildman–Crippen LogP) is 3.34. The third kappa shape index (κ3) is 6.55. The first-order chi connectivity index (χ1) is 18.6. The number of sulfonamides is 1. The first-order valence-corrected chi connectivity index (χ1v) is 14.1. The van der Waals surface area contributed by atoms with Gasteiger partial charge in [0.05, 0.1) is 35.9 Å². The molecule has 39 heavy (non-hydrogen) atoms. The van der Waals surface area contributed by atoms with E-state index in [1.807, 2.05) is 0 Å². The summed E-state index contributed by atoms with van der Waals surface area (Å²) in [5.74, 6) is -1.03. The molecule has 1 atom stereocenters. The van der Waals surface area contributed by atoms with Crippen LogP contribution in [0.15, 0.2) is 59.5 Å². The molecule has 11 heteroatoms. The zero-order valence-corrected chi connectivity index (χ0v) is 22.7. The van der Waals surface area contributed by atoms with Crippen LogP contribution in [0.2, 0.25) is 0 Å². The number of hydrogen-bond donors (Lipinski definition) is 1. The van der Waals surface area contributed by atoms with Crippen LogP contribution in [0, 0.1) is 12.7 Å². The Labute approximate surface area is 227 Å². The monoisotopic (exact) mass is 557 g/mol. The van der Waals surface area contributed by atoms with E-state index in [-0.39, 0.29) is 34.6 Å². The molecule has 2 aromatic carbocycles. The summed E-state index contributed by atoms with van der Waals surface area (Å²) in [6.45, 7) is 2.08. The molecule has 9 nitrogen and oxygen atoms in total. The summed E-state index contributed by atoms with van der Waals surface area (Å²) in [6, 6.07) is 13.4. The zero-order chi connectivity index (χ0) is 28.2. The number of ether oxygens (including phenoxy) is 2. The normalized spacial score (nSPS) is 15.5. The van der Waals surface area contributed by atoms with E-state index >= 15 is 0 Å². The lowest BCUT2D eigenvalue weighted by Crippen LogP contribution is -2.41. The van der Waals surface area contributed by atoms with Gasteiger partial charge in [0.1, 0.15) is 11.6 Å². The van der Waals surface area contributed by atoms with Gasteiger partial charge >= 0.3 is 0 Å². The van der Waals surface area contributed by atoms with Crippen molar-refractivity contribution in [3.63, 3.8) is 0 Å². The van der Waals surface area contributed by atoms with Crippen LogP contribution in [0.1, 0.15) is 44.9 Å². The van der Waals surface area contributed by atoms with Gasteiger partial charge in [-0.1, -0.05) is 12.1 Å². The maximum Gasteiger partial charge on any atom is 0.250 e. The van der Waals surface area contributed by atoms with E-state index in [2.05, 4.69) is 0 Å². The van der Waals surface area contributed by atoms with E-state index < -0.39 is 28.3 Å². The lowest BCUT2D eigenvalue weighted by atomic mass is 10.1. The molecule has 1 fully saturated rings. The summed E-state index contributed by atoms with van der Waals surface area (Å²) in [7, 11) is -2.58. The van der Waals surface area contributed by atoms with Gasteiger partial charge in [0.25, 0.3) is 5.91 Å². The maximum atomic E-state index is 13.7. The second kappa shape index (κ2) is 12.1. The molecule has 2 N–H and O–H groups in total. The van der Waals surface area contributed by atoms with Crippen LogP contribution in [-0.4, -0.2) is 61.9 Å².